The number of carbonyl (C=O) groups is 1. The van der Waals surface area contributed by atoms with Crippen molar-refractivity contribution >= 4 is 11.6 Å². The summed E-state index contributed by atoms with van der Waals surface area (Å²) in [6.07, 6.45) is 1.64. The standard InChI is InChI=1S/C20H18FN3O2/c21-17-11-14(20(25)24-18-7-2-1-5-15(18)12-22)8-9-19(17)26-13-16-6-3-4-10-23-16/h1-11H,12-13,22H2,(H,24,25). The van der Waals surface area contributed by atoms with Crippen LogP contribution in [0.15, 0.2) is 66.9 Å². The van der Waals surface area contributed by atoms with Gasteiger partial charge in [0, 0.05) is 24.0 Å². The molecule has 0 radical (unpaired) electrons. The van der Waals surface area contributed by atoms with Gasteiger partial charge in [0.1, 0.15) is 6.61 Å². The minimum atomic E-state index is -0.610. The van der Waals surface area contributed by atoms with Crippen LogP contribution in [0, 0.1) is 5.82 Å². The first-order valence-corrected chi connectivity index (χ1v) is 8.09. The maximum Gasteiger partial charge on any atom is 0.255 e. The van der Waals surface area contributed by atoms with Crippen LogP contribution in [0.1, 0.15) is 21.6 Å². The van der Waals surface area contributed by atoms with Gasteiger partial charge in [-0.2, -0.15) is 0 Å². The van der Waals surface area contributed by atoms with Crippen LogP contribution < -0.4 is 15.8 Å². The molecule has 0 fully saturated rings. The van der Waals surface area contributed by atoms with Crippen molar-refractivity contribution in [3.63, 3.8) is 0 Å². The van der Waals surface area contributed by atoms with E-state index < -0.39 is 11.7 Å². The summed E-state index contributed by atoms with van der Waals surface area (Å²) in [6, 6.07) is 16.7. The lowest BCUT2D eigenvalue weighted by molar-refractivity contribution is 0.102. The largest absolute Gasteiger partial charge is 0.484 e. The van der Waals surface area contributed by atoms with Crippen molar-refractivity contribution < 1.29 is 13.9 Å². The van der Waals surface area contributed by atoms with Crippen LogP contribution in [0.5, 0.6) is 5.75 Å². The van der Waals surface area contributed by atoms with E-state index in [-0.39, 0.29) is 17.9 Å². The summed E-state index contributed by atoms with van der Waals surface area (Å²) in [5.74, 6) is -0.962. The number of pyridine rings is 1. The average Bonchev–Trinajstić information content (AvgIpc) is 2.68. The Hall–Kier alpha value is -3.25. The fraction of sp³-hybridized carbons (Fsp3) is 0.100. The first kappa shape index (κ1) is 17.6. The summed E-state index contributed by atoms with van der Waals surface area (Å²) in [4.78, 5) is 16.5. The van der Waals surface area contributed by atoms with Crippen LogP contribution in [-0.4, -0.2) is 10.9 Å². The van der Waals surface area contributed by atoms with Gasteiger partial charge < -0.3 is 15.8 Å². The Morgan fingerprint density at radius 2 is 1.92 bits per heavy atom. The maximum atomic E-state index is 14.3. The molecule has 1 heterocycles. The molecule has 1 aromatic heterocycles. The van der Waals surface area contributed by atoms with E-state index in [0.717, 1.165) is 11.6 Å². The molecule has 132 valence electrons. The van der Waals surface area contributed by atoms with Gasteiger partial charge >= 0.3 is 0 Å². The number of carbonyl (C=O) groups excluding carboxylic acids is 1. The van der Waals surface area contributed by atoms with Crippen LogP contribution in [0.2, 0.25) is 0 Å². The SMILES string of the molecule is NCc1ccccc1NC(=O)c1ccc(OCc2ccccn2)c(F)c1. The highest BCUT2D eigenvalue weighted by atomic mass is 19.1. The number of nitrogens with two attached hydrogens (primary N) is 1. The van der Waals surface area contributed by atoms with E-state index in [1.54, 1.807) is 30.5 Å². The summed E-state index contributed by atoms with van der Waals surface area (Å²) in [5, 5.41) is 2.75. The van der Waals surface area contributed by atoms with Crippen molar-refractivity contribution in [2.45, 2.75) is 13.2 Å². The number of amides is 1. The summed E-state index contributed by atoms with van der Waals surface area (Å²) in [7, 11) is 0. The number of rotatable bonds is 6. The molecule has 0 saturated carbocycles. The molecule has 0 saturated heterocycles. The number of para-hydroxylation sites is 1. The van der Waals surface area contributed by atoms with Crippen molar-refractivity contribution in [1.82, 2.24) is 4.98 Å². The Morgan fingerprint density at radius 3 is 2.65 bits per heavy atom. The predicted octanol–water partition coefficient (Wildman–Crippen LogP) is 3.51. The van der Waals surface area contributed by atoms with Gasteiger partial charge in [0.15, 0.2) is 11.6 Å². The molecule has 6 heteroatoms. The molecule has 2 aromatic carbocycles. The highest BCUT2D eigenvalue weighted by molar-refractivity contribution is 6.04. The number of anilines is 1. The molecule has 26 heavy (non-hydrogen) atoms. The Bertz CT molecular complexity index is 901. The molecular formula is C20H18FN3O2. The lowest BCUT2D eigenvalue weighted by Gasteiger charge is -2.11. The van der Waals surface area contributed by atoms with Crippen molar-refractivity contribution in [2.75, 3.05) is 5.32 Å². The Balaban J connectivity index is 1.69. The third-order valence-corrected chi connectivity index (χ3v) is 3.78. The topological polar surface area (TPSA) is 77.2 Å². The number of nitrogens with one attached hydrogen (secondary N) is 1. The number of nitrogens with zero attached hydrogens (tertiary/aromatic N) is 1. The molecule has 0 aliphatic rings. The van der Waals surface area contributed by atoms with E-state index in [9.17, 15) is 9.18 Å². The fourth-order valence-electron chi connectivity index (χ4n) is 2.41. The lowest BCUT2D eigenvalue weighted by atomic mass is 10.1. The number of ether oxygens (including phenoxy) is 1. The van der Waals surface area contributed by atoms with Crippen molar-refractivity contribution in [3.05, 3.63) is 89.5 Å². The second kappa shape index (κ2) is 8.22. The van der Waals surface area contributed by atoms with Crippen LogP contribution >= 0.6 is 0 Å². The molecule has 1 amide bonds. The summed E-state index contributed by atoms with van der Waals surface area (Å²) in [5.41, 5.74) is 7.95. The molecule has 5 nitrogen and oxygen atoms in total. The molecule has 3 N–H and O–H groups in total. The molecule has 0 spiro atoms. The molecular weight excluding hydrogens is 333 g/mol. The van der Waals surface area contributed by atoms with E-state index in [2.05, 4.69) is 10.3 Å². The lowest BCUT2D eigenvalue weighted by Crippen LogP contribution is -2.14. The van der Waals surface area contributed by atoms with E-state index in [0.29, 0.717) is 17.9 Å². The van der Waals surface area contributed by atoms with Gasteiger partial charge in [0.25, 0.3) is 5.91 Å². The molecule has 3 aromatic rings. The molecule has 0 atom stereocenters. The van der Waals surface area contributed by atoms with E-state index in [1.165, 1.54) is 12.1 Å². The van der Waals surface area contributed by atoms with E-state index >= 15 is 0 Å². The third-order valence-electron chi connectivity index (χ3n) is 3.78. The number of hydrogen-bond acceptors (Lipinski definition) is 4. The Morgan fingerprint density at radius 1 is 1.12 bits per heavy atom. The quantitative estimate of drug-likeness (QED) is 0.712. The minimum absolute atomic E-state index is 0.0644. The predicted molar refractivity (Wildman–Crippen MR) is 97.3 cm³/mol. The Labute approximate surface area is 150 Å². The van der Waals surface area contributed by atoms with Gasteiger partial charge in [-0.15, -0.1) is 0 Å². The molecule has 0 bridgehead atoms. The molecule has 3 rings (SSSR count). The van der Waals surface area contributed by atoms with E-state index in [1.807, 2.05) is 18.2 Å². The van der Waals surface area contributed by atoms with Crippen LogP contribution in [0.3, 0.4) is 0 Å². The fourth-order valence-corrected chi connectivity index (χ4v) is 2.41. The first-order chi connectivity index (χ1) is 12.7. The van der Waals surface area contributed by atoms with Crippen LogP contribution in [0.25, 0.3) is 0 Å². The van der Waals surface area contributed by atoms with Crippen LogP contribution in [0.4, 0.5) is 10.1 Å². The second-order valence-corrected chi connectivity index (χ2v) is 5.57. The number of aromatic nitrogens is 1. The normalized spacial score (nSPS) is 10.4. The monoisotopic (exact) mass is 351 g/mol. The second-order valence-electron chi connectivity index (χ2n) is 5.57. The molecule has 0 unspecified atom stereocenters. The zero-order valence-corrected chi connectivity index (χ0v) is 14.0. The van der Waals surface area contributed by atoms with Gasteiger partial charge in [0.05, 0.1) is 5.69 Å². The van der Waals surface area contributed by atoms with E-state index in [4.69, 9.17) is 10.5 Å². The minimum Gasteiger partial charge on any atom is -0.484 e. The number of hydrogen-bond donors (Lipinski definition) is 2. The van der Waals surface area contributed by atoms with Gasteiger partial charge in [-0.25, -0.2) is 4.39 Å². The zero-order valence-electron chi connectivity index (χ0n) is 14.0. The van der Waals surface area contributed by atoms with Crippen LogP contribution in [-0.2, 0) is 13.2 Å². The smallest absolute Gasteiger partial charge is 0.255 e. The summed E-state index contributed by atoms with van der Waals surface area (Å²) < 4.78 is 19.7. The Kier molecular flexibility index (Phi) is 5.56. The summed E-state index contributed by atoms with van der Waals surface area (Å²) >= 11 is 0. The molecule has 0 aliphatic carbocycles. The summed E-state index contributed by atoms with van der Waals surface area (Å²) in [6.45, 7) is 0.443. The maximum absolute atomic E-state index is 14.3. The average molecular weight is 351 g/mol. The highest BCUT2D eigenvalue weighted by Gasteiger charge is 2.12. The van der Waals surface area contributed by atoms with Crippen molar-refractivity contribution in [1.29, 1.82) is 0 Å². The van der Waals surface area contributed by atoms with Crippen molar-refractivity contribution in [3.8, 4) is 5.75 Å². The van der Waals surface area contributed by atoms with Gasteiger partial charge in [-0.05, 0) is 42.0 Å². The zero-order chi connectivity index (χ0) is 18.4. The third kappa shape index (κ3) is 4.23. The van der Waals surface area contributed by atoms with Gasteiger partial charge in [0.2, 0.25) is 0 Å². The van der Waals surface area contributed by atoms with Gasteiger partial charge in [-0.1, -0.05) is 24.3 Å². The van der Waals surface area contributed by atoms with Gasteiger partial charge in [-0.3, -0.25) is 9.78 Å². The number of benzene rings is 2. The van der Waals surface area contributed by atoms with Crippen molar-refractivity contribution in [2.24, 2.45) is 5.73 Å². The number of halogens is 1. The first-order valence-electron chi connectivity index (χ1n) is 8.09. The highest BCUT2D eigenvalue weighted by Crippen LogP contribution is 2.21. The molecule has 0 aliphatic heterocycles.